The van der Waals surface area contributed by atoms with E-state index in [9.17, 15) is 23.9 Å². The Morgan fingerprint density at radius 1 is 0.880 bits per heavy atom. The highest BCUT2D eigenvalue weighted by Gasteiger charge is 2.39. The summed E-state index contributed by atoms with van der Waals surface area (Å²) < 4.78 is 29.6. The largest absolute Gasteiger partial charge is 0.481 e. The number of thiophene rings is 1. The molecule has 5 aromatic rings. The third-order valence-electron chi connectivity index (χ3n) is 8.73. The molecule has 2 amide bonds. The number of benzene rings is 3. The Kier molecular flexibility index (Phi) is 9.62. The number of likely N-dealkylation sites (tertiary alicyclic amines) is 1. The van der Waals surface area contributed by atoms with Crippen LogP contribution in [-0.2, 0) is 21.4 Å². The standard InChI is InChI=1S/C39H36F2N4O4S/c1-22-5-11-28(30(40)15-22)25-10-12-29(31(41)17-25)26-18-42-35(43-19-26)24-8-6-23(7-9-24)16-32(37(47)45-20-27(21-45)38(48)49)44-36(46)33-13-14-34(50-33)39(2,3)4/h5-15,17-19,27,32H,16,20-21H2,1-4H3,(H,44,46)(H,48,49)/t32-/m0/s1. The fourth-order valence-electron chi connectivity index (χ4n) is 5.74. The van der Waals surface area contributed by atoms with Gasteiger partial charge in [-0.05, 0) is 53.3 Å². The zero-order chi connectivity index (χ0) is 35.7. The predicted molar refractivity (Wildman–Crippen MR) is 189 cm³/mol. The minimum atomic E-state index is -0.952. The third-order valence-corrected chi connectivity index (χ3v) is 10.2. The van der Waals surface area contributed by atoms with Crippen molar-refractivity contribution in [1.82, 2.24) is 20.2 Å². The summed E-state index contributed by atoms with van der Waals surface area (Å²) in [6.07, 6.45) is 3.24. The van der Waals surface area contributed by atoms with Crippen LogP contribution in [-0.4, -0.2) is 56.9 Å². The number of hydrogen-bond donors (Lipinski definition) is 2. The molecule has 3 heterocycles. The molecule has 3 aromatic carbocycles. The van der Waals surface area contributed by atoms with Crippen molar-refractivity contribution in [2.75, 3.05) is 13.1 Å². The number of carboxylic acids is 1. The van der Waals surface area contributed by atoms with Gasteiger partial charge < -0.3 is 15.3 Å². The molecule has 2 N–H and O–H groups in total. The summed E-state index contributed by atoms with van der Waals surface area (Å²) in [5.74, 6) is -2.80. The van der Waals surface area contributed by atoms with Gasteiger partial charge >= 0.3 is 5.97 Å². The fourth-order valence-corrected chi connectivity index (χ4v) is 6.71. The molecule has 0 radical (unpaired) electrons. The second-order valence-corrected chi connectivity index (χ2v) is 14.7. The van der Waals surface area contributed by atoms with Crippen molar-refractivity contribution in [2.45, 2.75) is 45.6 Å². The van der Waals surface area contributed by atoms with Crippen LogP contribution in [0, 0.1) is 24.5 Å². The van der Waals surface area contributed by atoms with E-state index >= 15 is 4.39 Å². The second kappa shape index (κ2) is 13.9. The Balaban J connectivity index is 1.16. The van der Waals surface area contributed by atoms with Crippen molar-refractivity contribution in [3.8, 4) is 33.6 Å². The van der Waals surface area contributed by atoms with Gasteiger partial charge in [0.1, 0.15) is 17.7 Å². The van der Waals surface area contributed by atoms with Crippen LogP contribution < -0.4 is 5.32 Å². The van der Waals surface area contributed by atoms with Crippen molar-refractivity contribution in [3.63, 3.8) is 0 Å². The molecule has 11 heteroatoms. The lowest BCUT2D eigenvalue weighted by molar-refractivity contribution is -0.153. The minimum absolute atomic E-state index is 0.0966. The quantitative estimate of drug-likeness (QED) is 0.167. The van der Waals surface area contributed by atoms with E-state index in [-0.39, 0.29) is 42.3 Å². The normalized spacial score (nSPS) is 13.8. The number of nitrogens with one attached hydrogen (secondary N) is 1. The van der Waals surface area contributed by atoms with Crippen LogP contribution in [0.4, 0.5) is 8.78 Å². The third kappa shape index (κ3) is 7.47. The summed E-state index contributed by atoms with van der Waals surface area (Å²) in [7, 11) is 0. The highest BCUT2D eigenvalue weighted by molar-refractivity contribution is 7.14. The van der Waals surface area contributed by atoms with E-state index in [4.69, 9.17) is 0 Å². The molecule has 50 heavy (non-hydrogen) atoms. The van der Waals surface area contributed by atoms with Crippen molar-refractivity contribution in [2.24, 2.45) is 5.92 Å². The Morgan fingerprint density at radius 3 is 2.10 bits per heavy atom. The van der Waals surface area contributed by atoms with Gasteiger partial charge in [-0.2, -0.15) is 0 Å². The number of aromatic nitrogens is 2. The van der Waals surface area contributed by atoms with Crippen molar-refractivity contribution in [1.29, 1.82) is 0 Å². The monoisotopic (exact) mass is 694 g/mol. The number of amides is 2. The summed E-state index contributed by atoms with van der Waals surface area (Å²) in [6, 6.07) is 19.4. The highest BCUT2D eigenvalue weighted by atomic mass is 32.1. The predicted octanol–water partition coefficient (Wildman–Crippen LogP) is 7.31. The maximum Gasteiger partial charge on any atom is 0.310 e. The first kappa shape index (κ1) is 34.6. The van der Waals surface area contributed by atoms with Crippen molar-refractivity contribution in [3.05, 3.63) is 118 Å². The van der Waals surface area contributed by atoms with Gasteiger partial charge in [0.05, 0.1) is 10.8 Å². The molecule has 1 fully saturated rings. The van der Waals surface area contributed by atoms with Gasteiger partial charge in [-0.25, -0.2) is 18.7 Å². The van der Waals surface area contributed by atoms with Crippen molar-refractivity contribution >= 4 is 29.1 Å². The smallest absolute Gasteiger partial charge is 0.310 e. The Bertz CT molecular complexity index is 2070. The number of carbonyl (C=O) groups is 3. The van der Waals surface area contributed by atoms with Crippen LogP contribution in [0.5, 0.6) is 0 Å². The number of aliphatic carboxylic acids is 1. The molecule has 0 bridgehead atoms. The van der Waals surface area contributed by atoms with Gasteiger partial charge in [0.15, 0.2) is 5.82 Å². The molecular formula is C39H36F2N4O4S. The van der Waals surface area contributed by atoms with E-state index in [1.165, 1.54) is 40.8 Å². The molecule has 1 aliphatic heterocycles. The summed E-state index contributed by atoms with van der Waals surface area (Å²) in [5.41, 5.74) is 3.62. The molecule has 0 aliphatic carbocycles. The number of hydrogen-bond acceptors (Lipinski definition) is 6. The van der Waals surface area contributed by atoms with Crippen LogP contribution in [0.1, 0.15) is 46.4 Å². The molecule has 2 aromatic heterocycles. The number of aryl methyl sites for hydroxylation is 1. The summed E-state index contributed by atoms with van der Waals surface area (Å²) >= 11 is 1.38. The summed E-state index contributed by atoms with van der Waals surface area (Å²) in [5, 5.41) is 12.2. The van der Waals surface area contributed by atoms with Gasteiger partial charge in [0.25, 0.3) is 5.91 Å². The van der Waals surface area contributed by atoms with E-state index in [0.717, 1.165) is 16.0 Å². The van der Waals surface area contributed by atoms with E-state index < -0.39 is 29.6 Å². The molecular weight excluding hydrogens is 659 g/mol. The first-order chi connectivity index (χ1) is 23.8. The zero-order valence-corrected chi connectivity index (χ0v) is 28.9. The number of carbonyl (C=O) groups excluding carboxylic acids is 2. The molecule has 256 valence electrons. The maximum atomic E-state index is 15.2. The number of rotatable bonds is 9. The van der Waals surface area contributed by atoms with E-state index in [2.05, 4.69) is 36.1 Å². The Labute approximate surface area is 292 Å². The SMILES string of the molecule is Cc1ccc(-c2ccc(-c3cnc(-c4ccc(C[C@H](NC(=O)c5ccc(C(C)(C)C)s5)C(=O)N5CC(C(=O)O)C5)cc4)nc3)c(F)c2)c(F)c1. The Hall–Kier alpha value is -5.29. The summed E-state index contributed by atoms with van der Waals surface area (Å²) in [4.78, 5) is 50.0. The molecule has 0 saturated carbocycles. The molecule has 0 unspecified atom stereocenters. The fraction of sp³-hybridized carbons (Fsp3) is 0.256. The maximum absolute atomic E-state index is 15.2. The first-order valence-corrected chi connectivity index (χ1v) is 17.0. The van der Waals surface area contributed by atoms with E-state index in [1.807, 2.05) is 18.2 Å². The van der Waals surface area contributed by atoms with Crippen molar-refractivity contribution < 1.29 is 28.3 Å². The van der Waals surface area contributed by atoms with Gasteiger partial charge in [-0.3, -0.25) is 14.4 Å². The van der Waals surface area contributed by atoms with Crippen LogP contribution in [0.15, 0.2) is 85.2 Å². The highest BCUT2D eigenvalue weighted by Crippen LogP contribution is 2.31. The van der Waals surface area contributed by atoms with Crippen LogP contribution in [0.2, 0.25) is 0 Å². The molecule has 8 nitrogen and oxygen atoms in total. The van der Waals surface area contributed by atoms with Crippen LogP contribution in [0.25, 0.3) is 33.6 Å². The average Bonchev–Trinajstić information content (AvgIpc) is 3.56. The van der Waals surface area contributed by atoms with E-state index in [1.54, 1.807) is 49.4 Å². The molecule has 0 spiro atoms. The lowest BCUT2D eigenvalue weighted by Crippen LogP contribution is -2.59. The molecule has 1 aliphatic rings. The van der Waals surface area contributed by atoms with Gasteiger partial charge in [0, 0.05) is 59.0 Å². The summed E-state index contributed by atoms with van der Waals surface area (Å²) in [6.45, 7) is 8.17. The molecule has 1 saturated heterocycles. The lowest BCUT2D eigenvalue weighted by atomic mass is 9.95. The zero-order valence-electron chi connectivity index (χ0n) is 28.0. The second-order valence-electron chi connectivity index (χ2n) is 13.6. The molecule has 1 atom stereocenters. The number of halogens is 2. The van der Waals surface area contributed by atoms with Crippen LogP contribution >= 0.6 is 11.3 Å². The van der Waals surface area contributed by atoms with Gasteiger partial charge in [0.2, 0.25) is 5.91 Å². The number of carboxylic acid groups (broad SMARTS) is 1. The van der Waals surface area contributed by atoms with Crippen LogP contribution in [0.3, 0.4) is 0 Å². The lowest BCUT2D eigenvalue weighted by Gasteiger charge is -2.38. The Morgan fingerprint density at radius 2 is 1.50 bits per heavy atom. The van der Waals surface area contributed by atoms with Gasteiger partial charge in [-0.1, -0.05) is 69.3 Å². The minimum Gasteiger partial charge on any atom is -0.481 e. The topological polar surface area (TPSA) is 112 Å². The van der Waals surface area contributed by atoms with E-state index in [0.29, 0.717) is 33.0 Å². The first-order valence-electron chi connectivity index (χ1n) is 16.2. The van der Waals surface area contributed by atoms with Gasteiger partial charge in [-0.15, -0.1) is 11.3 Å². The average molecular weight is 695 g/mol. The number of nitrogens with zero attached hydrogens (tertiary/aromatic N) is 3. The molecule has 6 rings (SSSR count).